The van der Waals surface area contributed by atoms with Gasteiger partial charge in [0.25, 0.3) is 0 Å². The van der Waals surface area contributed by atoms with Gasteiger partial charge in [-0.05, 0) is 84.7 Å². The predicted molar refractivity (Wildman–Crippen MR) is 127 cm³/mol. The molecule has 2 N–H and O–H groups in total. The SMILES string of the molecule is C=C1C(=CC=C2CCC[C@@]3(C)[C@H]2CC[C@H]3C(C)C=CC(C)C(C)C)CC(O)CC1O. The molecule has 0 aromatic carbocycles. The zero-order valence-electron chi connectivity index (χ0n) is 19.9. The first-order chi connectivity index (χ1) is 14.1. The Morgan fingerprint density at radius 3 is 2.50 bits per heavy atom. The van der Waals surface area contributed by atoms with E-state index >= 15 is 0 Å². The van der Waals surface area contributed by atoms with Crippen molar-refractivity contribution in [2.24, 2.45) is 35.0 Å². The highest BCUT2D eigenvalue weighted by Crippen LogP contribution is 2.59. The van der Waals surface area contributed by atoms with Crippen molar-refractivity contribution < 1.29 is 10.2 Å². The van der Waals surface area contributed by atoms with E-state index in [4.69, 9.17) is 0 Å². The molecule has 30 heavy (non-hydrogen) atoms. The first kappa shape index (κ1) is 23.5. The lowest BCUT2D eigenvalue weighted by atomic mass is 9.61. The zero-order valence-corrected chi connectivity index (χ0v) is 19.9. The van der Waals surface area contributed by atoms with Gasteiger partial charge in [0.15, 0.2) is 0 Å². The fourth-order valence-corrected chi connectivity index (χ4v) is 6.32. The minimum absolute atomic E-state index is 0.385. The molecule has 7 atom stereocenters. The Morgan fingerprint density at radius 2 is 1.80 bits per heavy atom. The molecule has 0 heterocycles. The third kappa shape index (κ3) is 4.86. The van der Waals surface area contributed by atoms with Crippen LogP contribution in [-0.4, -0.2) is 22.4 Å². The van der Waals surface area contributed by atoms with Gasteiger partial charge in [0.1, 0.15) is 0 Å². The van der Waals surface area contributed by atoms with Gasteiger partial charge in [-0.3, -0.25) is 0 Å². The first-order valence-electron chi connectivity index (χ1n) is 12.3. The Kier molecular flexibility index (Phi) is 7.51. The summed E-state index contributed by atoms with van der Waals surface area (Å²) in [4.78, 5) is 0. The van der Waals surface area contributed by atoms with Crippen LogP contribution in [0.15, 0.2) is 47.6 Å². The molecule has 0 radical (unpaired) electrons. The van der Waals surface area contributed by atoms with Crippen LogP contribution in [0.3, 0.4) is 0 Å². The van der Waals surface area contributed by atoms with Gasteiger partial charge in [0, 0.05) is 6.42 Å². The van der Waals surface area contributed by atoms with Crippen molar-refractivity contribution in [3.05, 3.63) is 47.6 Å². The van der Waals surface area contributed by atoms with E-state index in [0.29, 0.717) is 41.9 Å². The van der Waals surface area contributed by atoms with E-state index in [1.807, 2.05) is 0 Å². The fraction of sp³-hybridized carbons (Fsp3) is 0.714. The van der Waals surface area contributed by atoms with E-state index in [1.165, 1.54) is 32.1 Å². The summed E-state index contributed by atoms with van der Waals surface area (Å²) in [5.41, 5.74) is 3.77. The van der Waals surface area contributed by atoms with Gasteiger partial charge in [0.2, 0.25) is 0 Å². The summed E-state index contributed by atoms with van der Waals surface area (Å²) in [6, 6.07) is 0. The zero-order chi connectivity index (χ0) is 22.1. The monoisotopic (exact) mass is 412 g/mol. The number of hydrogen-bond acceptors (Lipinski definition) is 2. The van der Waals surface area contributed by atoms with E-state index < -0.39 is 12.2 Å². The molecule has 2 heteroatoms. The van der Waals surface area contributed by atoms with Crippen molar-refractivity contribution in [2.75, 3.05) is 0 Å². The second-order valence-electron chi connectivity index (χ2n) is 11.0. The summed E-state index contributed by atoms with van der Waals surface area (Å²) in [5.74, 6) is 3.38. The van der Waals surface area contributed by atoms with Crippen LogP contribution in [0.2, 0.25) is 0 Å². The molecule has 0 spiro atoms. The van der Waals surface area contributed by atoms with Crippen LogP contribution in [0.5, 0.6) is 0 Å². The quantitative estimate of drug-likeness (QED) is 0.499. The summed E-state index contributed by atoms with van der Waals surface area (Å²) in [7, 11) is 0. The van der Waals surface area contributed by atoms with Crippen LogP contribution in [-0.2, 0) is 0 Å². The normalized spacial score (nSPS) is 39.8. The minimum Gasteiger partial charge on any atom is -0.393 e. The molecule has 3 aliphatic rings. The molecule has 0 saturated heterocycles. The second-order valence-corrected chi connectivity index (χ2v) is 11.0. The molecule has 0 amide bonds. The summed E-state index contributed by atoms with van der Waals surface area (Å²) >= 11 is 0. The smallest absolute Gasteiger partial charge is 0.0811 e. The van der Waals surface area contributed by atoms with Crippen LogP contribution in [0, 0.1) is 35.0 Å². The molecule has 168 valence electrons. The maximum atomic E-state index is 10.1. The minimum atomic E-state index is -0.605. The number of aliphatic hydroxyl groups is 2. The summed E-state index contributed by atoms with van der Waals surface area (Å²) in [6.45, 7) is 16.0. The maximum absolute atomic E-state index is 10.1. The maximum Gasteiger partial charge on any atom is 0.0811 e. The van der Waals surface area contributed by atoms with Crippen molar-refractivity contribution >= 4 is 0 Å². The number of aliphatic hydroxyl groups excluding tert-OH is 2. The van der Waals surface area contributed by atoms with Crippen LogP contribution < -0.4 is 0 Å². The van der Waals surface area contributed by atoms with Gasteiger partial charge in [-0.15, -0.1) is 0 Å². The molecule has 3 saturated carbocycles. The summed E-state index contributed by atoms with van der Waals surface area (Å²) in [5, 5.41) is 20.2. The van der Waals surface area contributed by atoms with E-state index in [-0.39, 0.29) is 0 Å². The highest BCUT2D eigenvalue weighted by molar-refractivity contribution is 5.38. The molecule has 3 aliphatic carbocycles. The molecule has 0 bridgehead atoms. The third-order valence-electron chi connectivity index (χ3n) is 8.71. The summed E-state index contributed by atoms with van der Waals surface area (Å²) < 4.78 is 0. The van der Waals surface area contributed by atoms with Crippen LogP contribution >= 0.6 is 0 Å². The molecule has 3 fully saturated rings. The van der Waals surface area contributed by atoms with Crippen molar-refractivity contribution in [3.63, 3.8) is 0 Å². The second kappa shape index (κ2) is 9.57. The Balaban J connectivity index is 1.76. The Hall–Kier alpha value is -1.12. The van der Waals surface area contributed by atoms with E-state index in [2.05, 4.69) is 65.5 Å². The van der Waals surface area contributed by atoms with Crippen molar-refractivity contribution in [1.82, 2.24) is 0 Å². The first-order valence-corrected chi connectivity index (χ1v) is 12.3. The highest BCUT2D eigenvalue weighted by Gasteiger charge is 2.50. The molecular formula is C28H44O2. The van der Waals surface area contributed by atoms with Crippen LogP contribution in [0.25, 0.3) is 0 Å². The lowest BCUT2D eigenvalue weighted by Gasteiger charge is -2.44. The largest absolute Gasteiger partial charge is 0.393 e. The molecule has 3 rings (SSSR count). The van der Waals surface area contributed by atoms with Crippen molar-refractivity contribution in [1.29, 1.82) is 0 Å². The number of rotatable bonds is 5. The lowest BCUT2D eigenvalue weighted by molar-refractivity contribution is 0.0862. The molecular weight excluding hydrogens is 368 g/mol. The average molecular weight is 413 g/mol. The Labute approximate surface area is 184 Å². The van der Waals surface area contributed by atoms with Gasteiger partial charge in [-0.2, -0.15) is 0 Å². The summed E-state index contributed by atoms with van der Waals surface area (Å²) in [6.07, 6.45) is 15.8. The van der Waals surface area contributed by atoms with E-state index in [0.717, 1.165) is 17.1 Å². The van der Waals surface area contributed by atoms with Gasteiger partial charge < -0.3 is 10.2 Å². The predicted octanol–water partition coefficient (Wildman–Crippen LogP) is 6.61. The standard InChI is InChI=1S/C28H44O2/c1-18(2)19(3)9-10-20(4)25-13-14-26-22(8-7-15-28(25,26)6)11-12-23-16-24(29)17-27(30)21(23)5/h9-12,18-20,24-27,29-30H,5,7-8,13-17H2,1-4,6H3/t19?,20?,24?,25-,26-,27?,28+/m0/s1. The van der Waals surface area contributed by atoms with Crippen LogP contribution in [0.4, 0.5) is 0 Å². The van der Waals surface area contributed by atoms with Gasteiger partial charge in [-0.1, -0.05) is 71.1 Å². The molecule has 2 nitrogen and oxygen atoms in total. The van der Waals surface area contributed by atoms with Crippen molar-refractivity contribution in [3.8, 4) is 0 Å². The van der Waals surface area contributed by atoms with Gasteiger partial charge in [0.05, 0.1) is 12.2 Å². The van der Waals surface area contributed by atoms with Crippen LogP contribution in [0.1, 0.15) is 79.6 Å². The lowest BCUT2D eigenvalue weighted by Crippen LogP contribution is -2.35. The fourth-order valence-electron chi connectivity index (χ4n) is 6.32. The van der Waals surface area contributed by atoms with Crippen molar-refractivity contribution in [2.45, 2.75) is 91.8 Å². The molecule has 0 aromatic heterocycles. The van der Waals surface area contributed by atoms with Gasteiger partial charge in [-0.25, -0.2) is 0 Å². The Morgan fingerprint density at radius 1 is 1.07 bits per heavy atom. The van der Waals surface area contributed by atoms with E-state index in [1.54, 1.807) is 5.57 Å². The molecule has 0 aliphatic heterocycles. The van der Waals surface area contributed by atoms with Gasteiger partial charge >= 0.3 is 0 Å². The molecule has 4 unspecified atom stereocenters. The van der Waals surface area contributed by atoms with E-state index in [9.17, 15) is 10.2 Å². The molecule has 0 aromatic rings. The third-order valence-corrected chi connectivity index (χ3v) is 8.71. The highest BCUT2D eigenvalue weighted by atomic mass is 16.3. The topological polar surface area (TPSA) is 40.5 Å². The number of fused-ring (bicyclic) bond motifs is 1. The number of hydrogen-bond donors (Lipinski definition) is 2. The Bertz CT molecular complexity index is 712. The number of allylic oxidation sites excluding steroid dienone is 5. The average Bonchev–Trinajstić information content (AvgIpc) is 3.04.